The summed E-state index contributed by atoms with van der Waals surface area (Å²) in [5.41, 5.74) is 3.00. The molecule has 1 saturated heterocycles. The van der Waals surface area contributed by atoms with Crippen LogP contribution in [-0.2, 0) is 0 Å². The molecule has 0 aliphatic carbocycles. The molecule has 0 bridgehead atoms. The molecule has 1 aliphatic heterocycles. The van der Waals surface area contributed by atoms with Gasteiger partial charge < -0.3 is 4.74 Å². The van der Waals surface area contributed by atoms with E-state index in [2.05, 4.69) is 15.6 Å². The van der Waals surface area contributed by atoms with Crippen molar-refractivity contribution < 1.29 is 4.74 Å². The quantitative estimate of drug-likeness (QED) is 0.729. The highest BCUT2D eigenvalue weighted by molar-refractivity contribution is 7.99. The van der Waals surface area contributed by atoms with Crippen LogP contribution in [-0.4, -0.2) is 27.4 Å². The lowest BCUT2D eigenvalue weighted by Crippen LogP contribution is -2.05. The molecule has 1 fully saturated rings. The monoisotopic (exact) mass is 311 g/mol. The maximum atomic E-state index is 5.36. The van der Waals surface area contributed by atoms with Gasteiger partial charge in [0.1, 0.15) is 17.1 Å². The number of fused-ring (bicyclic) bond motifs is 1. The predicted octanol–water partition coefficient (Wildman–Crippen LogP) is 4.13. The first-order valence-corrected chi connectivity index (χ1v) is 8.50. The van der Waals surface area contributed by atoms with Crippen LogP contribution in [0, 0.1) is 0 Å². The van der Waals surface area contributed by atoms with E-state index in [1.54, 1.807) is 7.11 Å². The van der Waals surface area contributed by atoms with Gasteiger partial charge in [-0.2, -0.15) is 0 Å². The Balaban J connectivity index is 1.93. The lowest BCUT2D eigenvalue weighted by atomic mass is 10.2. The number of methoxy groups -OCH3 is 1. The Kier molecular flexibility index (Phi) is 3.50. The van der Waals surface area contributed by atoms with Crippen LogP contribution in [0.2, 0.25) is 0 Å². The summed E-state index contributed by atoms with van der Waals surface area (Å²) in [5, 5.41) is 0.418. The van der Waals surface area contributed by atoms with Crippen molar-refractivity contribution in [1.29, 1.82) is 0 Å². The lowest BCUT2D eigenvalue weighted by Gasteiger charge is -2.15. The molecule has 5 heteroatoms. The average molecular weight is 311 g/mol. The second kappa shape index (κ2) is 5.65. The van der Waals surface area contributed by atoms with Gasteiger partial charge in [0.15, 0.2) is 5.65 Å². The maximum absolute atomic E-state index is 5.36. The third kappa shape index (κ3) is 2.25. The van der Waals surface area contributed by atoms with Crippen molar-refractivity contribution in [3.8, 4) is 17.1 Å². The molecule has 112 valence electrons. The fourth-order valence-corrected chi connectivity index (χ4v) is 4.22. The number of imidazole rings is 1. The third-order valence-corrected chi connectivity index (χ3v) is 5.33. The number of hydrogen-bond donors (Lipinski definition) is 0. The molecule has 0 amide bonds. The average Bonchev–Trinajstić information content (AvgIpc) is 3.21. The molecule has 3 heterocycles. The van der Waals surface area contributed by atoms with Gasteiger partial charge in [0.05, 0.1) is 12.5 Å². The van der Waals surface area contributed by atoms with Gasteiger partial charge >= 0.3 is 0 Å². The van der Waals surface area contributed by atoms with E-state index >= 15 is 0 Å². The summed E-state index contributed by atoms with van der Waals surface area (Å²) >= 11 is 1.99. The molecule has 1 aromatic carbocycles. The van der Waals surface area contributed by atoms with Crippen molar-refractivity contribution in [3.63, 3.8) is 0 Å². The van der Waals surface area contributed by atoms with Crippen molar-refractivity contribution in [2.24, 2.45) is 0 Å². The van der Waals surface area contributed by atoms with Gasteiger partial charge in [-0.15, -0.1) is 11.8 Å². The van der Waals surface area contributed by atoms with Gasteiger partial charge in [-0.1, -0.05) is 12.1 Å². The molecule has 0 N–H and O–H groups in total. The molecule has 22 heavy (non-hydrogen) atoms. The fraction of sp³-hybridized carbons (Fsp3) is 0.294. The second-order valence-electron chi connectivity index (χ2n) is 5.35. The van der Waals surface area contributed by atoms with Crippen LogP contribution in [0.1, 0.15) is 18.2 Å². The van der Waals surface area contributed by atoms with Crippen LogP contribution >= 0.6 is 11.8 Å². The van der Waals surface area contributed by atoms with Gasteiger partial charge in [0.25, 0.3) is 0 Å². The summed E-state index contributed by atoms with van der Waals surface area (Å²) < 4.78 is 7.65. The minimum Gasteiger partial charge on any atom is -0.497 e. The molecule has 0 radical (unpaired) electrons. The smallest absolute Gasteiger partial charge is 0.161 e. The highest BCUT2D eigenvalue weighted by Crippen LogP contribution is 2.40. The number of benzene rings is 1. The zero-order chi connectivity index (χ0) is 14.9. The van der Waals surface area contributed by atoms with E-state index in [-0.39, 0.29) is 0 Å². The van der Waals surface area contributed by atoms with Crippen LogP contribution in [0.5, 0.6) is 5.75 Å². The van der Waals surface area contributed by atoms with Gasteiger partial charge in [-0.05, 0) is 42.9 Å². The Morgan fingerprint density at radius 2 is 2.23 bits per heavy atom. The van der Waals surface area contributed by atoms with E-state index in [9.17, 15) is 0 Å². The van der Waals surface area contributed by atoms with Crippen LogP contribution in [0.3, 0.4) is 0 Å². The number of pyridine rings is 1. The van der Waals surface area contributed by atoms with Crippen molar-refractivity contribution in [2.75, 3.05) is 12.9 Å². The van der Waals surface area contributed by atoms with Crippen molar-refractivity contribution in [3.05, 3.63) is 42.6 Å². The number of hydrogen-bond acceptors (Lipinski definition) is 4. The summed E-state index contributed by atoms with van der Waals surface area (Å²) in [7, 11) is 1.69. The third-order valence-electron chi connectivity index (χ3n) is 3.97. The summed E-state index contributed by atoms with van der Waals surface area (Å²) in [6, 6.07) is 12.1. The van der Waals surface area contributed by atoms with Crippen molar-refractivity contribution in [1.82, 2.24) is 14.5 Å². The Hall–Kier alpha value is -2.01. The maximum Gasteiger partial charge on any atom is 0.161 e. The normalized spacial score (nSPS) is 18.0. The number of rotatable bonds is 3. The lowest BCUT2D eigenvalue weighted by molar-refractivity contribution is 0.415. The van der Waals surface area contributed by atoms with Crippen molar-refractivity contribution in [2.45, 2.75) is 18.2 Å². The zero-order valence-electron chi connectivity index (χ0n) is 12.4. The Bertz CT molecular complexity index is 809. The van der Waals surface area contributed by atoms with Gasteiger partial charge in [-0.25, -0.2) is 9.97 Å². The Morgan fingerprint density at radius 1 is 1.27 bits per heavy atom. The molecular weight excluding hydrogens is 294 g/mol. The molecule has 1 aliphatic rings. The van der Waals surface area contributed by atoms with E-state index in [1.165, 1.54) is 18.6 Å². The van der Waals surface area contributed by atoms with Gasteiger partial charge in [-0.3, -0.25) is 4.57 Å². The minimum absolute atomic E-state index is 0.418. The predicted molar refractivity (Wildman–Crippen MR) is 90.2 cm³/mol. The largest absolute Gasteiger partial charge is 0.497 e. The van der Waals surface area contributed by atoms with E-state index in [0.29, 0.717) is 5.37 Å². The zero-order valence-corrected chi connectivity index (χ0v) is 13.2. The summed E-state index contributed by atoms with van der Waals surface area (Å²) in [6.07, 6.45) is 4.26. The molecule has 4 nitrogen and oxygen atoms in total. The number of ether oxygens (including phenoxy) is 1. The molecule has 3 aromatic rings. The summed E-state index contributed by atoms with van der Waals surface area (Å²) in [5.74, 6) is 3.03. The van der Waals surface area contributed by atoms with Gasteiger partial charge in [0, 0.05) is 11.8 Å². The number of thioether (sulfide) groups is 1. The Morgan fingerprint density at radius 3 is 3.05 bits per heavy atom. The van der Waals surface area contributed by atoms with Gasteiger partial charge in [0.2, 0.25) is 0 Å². The Labute approximate surface area is 133 Å². The molecular formula is C17H17N3OS. The van der Waals surface area contributed by atoms with E-state index < -0.39 is 0 Å². The first-order valence-electron chi connectivity index (χ1n) is 7.46. The SMILES string of the molecule is COc1cccc(-c2nc3cccnc3n2C2CCCS2)c1. The standard InChI is InChI=1S/C17H17N3OS/c1-21-13-6-2-5-12(11-13)16-19-14-7-3-9-18-17(14)20(16)15-8-4-10-22-15/h2-3,5-7,9,11,15H,4,8,10H2,1H3. The molecule has 2 aromatic heterocycles. The van der Waals surface area contributed by atoms with E-state index in [4.69, 9.17) is 9.72 Å². The first kappa shape index (κ1) is 13.6. The highest BCUT2D eigenvalue weighted by atomic mass is 32.2. The second-order valence-corrected chi connectivity index (χ2v) is 6.64. The van der Waals surface area contributed by atoms with E-state index in [0.717, 1.165) is 28.3 Å². The number of nitrogens with zero attached hydrogens (tertiary/aromatic N) is 3. The van der Waals surface area contributed by atoms with E-state index in [1.807, 2.05) is 48.3 Å². The van der Waals surface area contributed by atoms with Crippen LogP contribution in [0.25, 0.3) is 22.6 Å². The molecule has 4 rings (SSSR count). The molecule has 0 spiro atoms. The molecule has 1 atom stereocenters. The van der Waals surface area contributed by atoms with Crippen LogP contribution in [0.15, 0.2) is 42.6 Å². The van der Waals surface area contributed by atoms with Crippen LogP contribution < -0.4 is 4.74 Å². The summed E-state index contributed by atoms with van der Waals surface area (Å²) in [6.45, 7) is 0. The fourth-order valence-electron chi connectivity index (χ4n) is 2.93. The highest BCUT2D eigenvalue weighted by Gasteiger charge is 2.24. The minimum atomic E-state index is 0.418. The molecule has 0 saturated carbocycles. The number of aromatic nitrogens is 3. The summed E-state index contributed by atoms with van der Waals surface area (Å²) in [4.78, 5) is 9.40. The molecule has 1 unspecified atom stereocenters. The topological polar surface area (TPSA) is 39.9 Å². The first-order chi connectivity index (χ1) is 10.9. The van der Waals surface area contributed by atoms with Crippen molar-refractivity contribution >= 4 is 22.9 Å². The van der Waals surface area contributed by atoms with Crippen LogP contribution in [0.4, 0.5) is 0 Å².